The molecule has 2 saturated heterocycles. The Bertz CT molecular complexity index is 936. The van der Waals surface area contributed by atoms with E-state index in [2.05, 4.69) is 40.4 Å². The van der Waals surface area contributed by atoms with Gasteiger partial charge in [0.05, 0.1) is 18.6 Å². The average molecular weight is 364 g/mol. The minimum absolute atomic E-state index is 0.614. The molecule has 2 aromatic carbocycles. The van der Waals surface area contributed by atoms with Crippen molar-refractivity contribution in [1.82, 2.24) is 5.16 Å². The first kappa shape index (κ1) is 16.8. The number of anilines is 1. The number of nitrogens with zero attached hydrogens (tertiary/aromatic N) is 2. The molecule has 2 fully saturated rings. The molecule has 140 valence electrons. The zero-order valence-electron chi connectivity index (χ0n) is 15.6. The highest BCUT2D eigenvalue weighted by atomic mass is 16.7. The molecule has 3 aromatic rings. The molecule has 0 atom stereocenters. The Labute approximate surface area is 158 Å². The van der Waals surface area contributed by atoms with Crippen LogP contribution >= 0.6 is 0 Å². The molecular formula is C22H24N2O3. The van der Waals surface area contributed by atoms with Gasteiger partial charge in [-0.05, 0) is 62.6 Å². The lowest BCUT2D eigenvalue weighted by atomic mass is 10.0. The zero-order valence-corrected chi connectivity index (χ0v) is 15.6. The first-order valence-electron chi connectivity index (χ1n) is 9.76. The average Bonchev–Trinajstić information content (AvgIpc) is 3.35. The second-order valence-corrected chi connectivity index (χ2v) is 7.48. The molecule has 2 aliphatic heterocycles. The fourth-order valence-electron chi connectivity index (χ4n) is 4.09. The van der Waals surface area contributed by atoms with Gasteiger partial charge in [-0.1, -0.05) is 11.2 Å². The van der Waals surface area contributed by atoms with Crippen LogP contribution < -0.4 is 4.90 Å². The summed E-state index contributed by atoms with van der Waals surface area (Å²) in [7, 11) is 0. The predicted molar refractivity (Wildman–Crippen MR) is 105 cm³/mol. The van der Waals surface area contributed by atoms with Crippen LogP contribution in [-0.4, -0.2) is 31.5 Å². The van der Waals surface area contributed by atoms with E-state index in [9.17, 15) is 0 Å². The molecule has 1 aromatic heterocycles. The Kier molecular flexibility index (Phi) is 4.14. The van der Waals surface area contributed by atoms with Crippen LogP contribution in [0.15, 0.2) is 47.0 Å². The Balaban J connectivity index is 1.49. The van der Waals surface area contributed by atoms with Crippen molar-refractivity contribution in [2.75, 3.05) is 31.2 Å². The van der Waals surface area contributed by atoms with Crippen LogP contribution in [0, 0.1) is 0 Å². The van der Waals surface area contributed by atoms with Crippen LogP contribution in [0.3, 0.4) is 0 Å². The van der Waals surface area contributed by atoms with Gasteiger partial charge in [0, 0.05) is 29.9 Å². The molecule has 0 aliphatic carbocycles. The molecule has 27 heavy (non-hydrogen) atoms. The molecule has 5 nitrogen and oxygen atoms in total. The van der Waals surface area contributed by atoms with Crippen molar-refractivity contribution >= 4 is 16.6 Å². The van der Waals surface area contributed by atoms with Gasteiger partial charge < -0.3 is 18.9 Å². The summed E-state index contributed by atoms with van der Waals surface area (Å²) < 4.78 is 17.3. The van der Waals surface area contributed by atoms with Crippen molar-refractivity contribution in [3.8, 4) is 11.3 Å². The molecule has 0 radical (unpaired) electrons. The van der Waals surface area contributed by atoms with Crippen LogP contribution in [0.1, 0.15) is 31.7 Å². The Hall–Kier alpha value is -2.37. The van der Waals surface area contributed by atoms with E-state index in [0.29, 0.717) is 13.2 Å². The van der Waals surface area contributed by atoms with E-state index in [-0.39, 0.29) is 0 Å². The van der Waals surface area contributed by atoms with E-state index >= 15 is 0 Å². The van der Waals surface area contributed by atoms with E-state index in [1.54, 1.807) is 0 Å². The van der Waals surface area contributed by atoms with E-state index in [4.69, 9.17) is 14.0 Å². The van der Waals surface area contributed by atoms with Crippen LogP contribution in [0.25, 0.3) is 22.2 Å². The van der Waals surface area contributed by atoms with Crippen molar-refractivity contribution < 1.29 is 14.0 Å². The van der Waals surface area contributed by atoms with Crippen molar-refractivity contribution in [3.63, 3.8) is 0 Å². The standard InChI is InChI=1S/C22H24N2O3/c1-22(25-13-14-26-22)17-7-10-20-19(15-17)21(27-23-20)16-5-8-18(9-6-16)24-11-3-2-4-12-24/h5-10,15H,2-4,11-14H2,1H3. The second-order valence-electron chi connectivity index (χ2n) is 7.48. The Morgan fingerprint density at radius 3 is 2.41 bits per heavy atom. The minimum Gasteiger partial charge on any atom is -0.372 e. The lowest BCUT2D eigenvalue weighted by Gasteiger charge is -2.28. The molecule has 2 aliphatic rings. The van der Waals surface area contributed by atoms with E-state index in [0.717, 1.165) is 40.9 Å². The maximum absolute atomic E-state index is 5.80. The molecule has 0 bridgehead atoms. The first-order chi connectivity index (χ1) is 13.2. The van der Waals surface area contributed by atoms with Gasteiger partial charge in [0.1, 0.15) is 5.52 Å². The quantitative estimate of drug-likeness (QED) is 0.674. The van der Waals surface area contributed by atoms with Crippen LogP contribution in [0.5, 0.6) is 0 Å². The highest BCUT2D eigenvalue weighted by Gasteiger charge is 2.33. The molecule has 5 heteroatoms. The van der Waals surface area contributed by atoms with Crippen molar-refractivity contribution in [3.05, 3.63) is 48.0 Å². The molecule has 0 spiro atoms. The van der Waals surface area contributed by atoms with Gasteiger partial charge in [0.2, 0.25) is 0 Å². The number of rotatable bonds is 3. The van der Waals surface area contributed by atoms with Crippen molar-refractivity contribution in [2.24, 2.45) is 0 Å². The predicted octanol–water partition coefficient (Wildman–Crippen LogP) is 4.70. The molecule has 0 unspecified atom stereocenters. The van der Waals surface area contributed by atoms with Crippen LogP contribution in [-0.2, 0) is 15.3 Å². The van der Waals surface area contributed by atoms with Gasteiger partial charge in [0.15, 0.2) is 11.5 Å². The summed E-state index contributed by atoms with van der Waals surface area (Å²) >= 11 is 0. The maximum Gasteiger partial charge on any atom is 0.192 e. The highest BCUT2D eigenvalue weighted by molar-refractivity contribution is 5.92. The first-order valence-corrected chi connectivity index (χ1v) is 9.76. The van der Waals surface area contributed by atoms with E-state index in [1.807, 2.05) is 19.1 Å². The fraction of sp³-hybridized carbons (Fsp3) is 0.409. The Morgan fingerprint density at radius 1 is 0.926 bits per heavy atom. The van der Waals surface area contributed by atoms with Gasteiger partial charge in [-0.3, -0.25) is 0 Å². The minimum atomic E-state index is -0.694. The molecule has 3 heterocycles. The number of aromatic nitrogens is 1. The van der Waals surface area contributed by atoms with Crippen LogP contribution in [0.4, 0.5) is 5.69 Å². The number of ether oxygens (including phenoxy) is 2. The molecule has 0 amide bonds. The van der Waals surface area contributed by atoms with Gasteiger partial charge in [-0.15, -0.1) is 0 Å². The Morgan fingerprint density at radius 2 is 1.67 bits per heavy atom. The van der Waals surface area contributed by atoms with E-state index < -0.39 is 5.79 Å². The summed E-state index contributed by atoms with van der Waals surface area (Å²) in [5, 5.41) is 5.22. The largest absolute Gasteiger partial charge is 0.372 e. The molecule has 0 saturated carbocycles. The number of fused-ring (bicyclic) bond motifs is 1. The highest BCUT2D eigenvalue weighted by Crippen LogP contribution is 2.36. The third-order valence-corrected chi connectivity index (χ3v) is 5.69. The van der Waals surface area contributed by atoms with Crippen LogP contribution in [0.2, 0.25) is 0 Å². The summed E-state index contributed by atoms with van der Waals surface area (Å²) in [6.07, 6.45) is 3.90. The van der Waals surface area contributed by atoms with Gasteiger partial charge in [0.25, 0.3) is 0 Å². The van der Waals surface area contributed by atoms with Crippen molar-refractivity contribution in [1.29, 1.82) is 0 Å². The summed E-state index contributed by atoms with van der Waals surface area (Å²) in [6, 6.07) is 14.7. The summed E-state index contributed by atoms with van der Waals surface area (Å²) in [5.41, 5.74) is 4.15. The van der Waals surface area contributed by atoms with Gasteiger partial charge in [-0.2, -0.15) is 0 Å². The van der Waals surface area contributed by atoms with Gasteiger partial charge >= 0.3 is 0 Å². The summed E-state index contributed by atoms with van der Waals surface area (Å²) in [6.45, 7) is 5.48. The normalized spacial score (nSPS) is 19.7. The SMILES string of the molecule is CC1(c2ccc3noc(-c4ccc(N5CCCCC5)cc4)c3c2)OCCO1. The number of benzene rings is 2. The maximum atomic E-state index is 5.80. The summed E-state index contributed by atoms with van der Waals surface area (Å²) in [5.74, 6) is 0.0968. The molecular weight excluding hydrogens is 340 g/mol. The monoisotopic (exact) mass is 364 g/mol. The molecule has 5 rings (SSSR count). The third-order valence-electron chi connectivity index (χ3n) is 5.69. The van der Waals surface area contributed by atoms with Crippen molar-refractivity contribution in [2.45, 2.75) is 32.0 Å². The van der Waals surface area contributed by atoms with Gasteiger partial charge in [-0.25, -0.2) is 0 Å². The van der Waals surface area contributed by atoms with E-state index in [1.165, 1.54) is 24.9 Å². The smallest absolute Gasteiger partial charge is 0.192 e. The zero-order chi connectivity index (χ0) is 18.3. The third kappa shape index (κ3) is 3.01. The number of hydrogen-bond acceptors (Lipinski definition) is 5. The molecule has 0 N–H and O–H groups in total. The summed E-state index contributed by atoms with van der Waals surface area (Å²) in [4.78, 5) is 2.46. The topological polar surface area (TPSA) is 47.7 Å². The lowest BCUT2D eigenvalue weighted by molar-refractivity contribution is -0.149. The second kappa shape index (κ2) is 6.66. The lowest BCUT2D eigenvalue weighted by Crippen LogP contribution is -2.29. The fourth-order valence-corrected chi connectivity index (χ4v) is 4.09. The number of piperidine rings is 1. The number of hydrogen-bond donors (Lipinski definition) is 0.